The fourth-order valence-electron chi connectivity index (χ4n) is 4.25. The largest absolute Gasteiger partial charge is 0.369 e. The molecule has 0 amide bonds. The van der Waals surface area contributed by atoms with Gasteiger partial charge < -0.3 is 15.1 Å². The Balaban J connectivity index is 0.00000363. The zero-order valence-electron chi connectivity index (χ0n) is 19.8. The normalized spacial score (nSPS) is 21.2. The van der Waals surface area contributed by atoms with Gasteiger partial charge in [0.1, 0.15) is 0 Å². The van der Waals surface area contributed by atoms with Crippen LogP contribution in [0.3, 0.4) is 0 Å². The Labute approximate surface area is 211 Å². The molecule has 0 aromatic heterocycles. The van der Waals surface area contributed by atoms with Crippen molar-refractivity contribution in [2.24, 2.45) is 4.99 Å². The Kier molecular flexibility index (Phi) is 10.5. The summed E-state index contributed by atoms with van der Waals surface area (Å²) in [5.74, 6) is 1.04. The van der Waals surface area contributed by atoms with Gasteiger partial charge in [0.05, 0.1) is 10.5 Å². The third-order valence-electron chi connectivity index (χ3n) is 6.32. The molecule has 2 saturated heterocycles. The number of nitrogens with zero attached hydrogens (tertiary/aromatic N) is 4. The van der Waals surface area contributed by atoms with Gasteiger partial charge in [0.15, 0.2) is 15.8 Å². The number of guanidine groups is 1. The van der Waals surface area contributed by atoms with Gasteiger partial charge in [0.25, 0.3) is 0 Å². The molecule has 2 heterocycles. The van der Waals surface area contributed by atoms with Gasteiger partial charge >= 0.3 is 0 Å². The molecule has 1 aromatic rings. The zero-order valence-corrected chi connectivity index (χ0v) is 22.9. The fraction of sp³-hybridized carbons (Fsp3) is 0.696. The van der Waals surface area contributed by atoms with Crippen molar-refractivity contribution in [2.75, 3.05) is 69.6 Å². The summed E-state index contributed by atoms with van der Waals surface area (Å²) >= 11 is 0. The lowest BCUT2D eigenvalue weighted by atomic mass is 10.2. The Bertz CT molecular complexity index is 824. The first kappa shape index (κ1) is 27.2. The van der Waals surface area contributed by atoms with E-state index in [9.17, 15) is 8.42 Å². The maximum atomic E-state index is 12.3. The van der Waals surface area contributed by atoms with Crippen LogP contribution in [0, 0.1) is 0 Å². The summed E-state index contributed by atoms with van der Waals surface area (Å²) < 4.78 is 23.8. The van der Waals surface area contributed by atoms with Crippen LogP contribution < -0.4 is 10.2 Å². The van der Waals surface area contributed by atoms with E-state index in [1.807, 2.05) is 13.8 Å². The molecule has 9 heteroatoms. The molecule has 3 rings (SSSR count). The van der Waals surface area contributed by atoms with Gasteiger partial charge in [-0.1, -0.05) is 18.2 Å². The predicted octanol–water partition coefficient (Wildman–Crippen LogP) is 2.68. The van der Waals surface area contributed by atoms with E-state index in [0.29, 0.717) is 13.1 Å². The van der Waals surface area contributed by atoms with Crippen LogP contribution in [0.2, 0.25) is 0 Å². The molecule has 0 atom stereocenters. The van der Waals surface area contributed by atoms with Crippen molar-refractivity contribution in [1.82, 2.24) is 15.1 Å². The lowest BCUT2D eigenvalue weighted by molar-refractivity contribution is 0.253. The molecule has 7 nitrogen and oxygen atoms in total. The average Bonchev–Trinajstić information content (AvgIpc) is 2.76. The molecule has 1 aromatic carbocycles. The quantitative estimate of drug-likeness (QED) is 0.233. The molecule has 32 heavy (non-hydrogen) atoms. The second-order valence-corrected chi connectivity index (χ2v) is 11.9. The van der Waals surface area contributed by atoms with Crippen LogP contribution in [0.4, 0.5) is 5.69 Å². The minimum Gasteiger partial charge on any atom is -0.369 e. The van der Waals surface area contributed by atoms with Crippen molar-refractivity contribution < 1.29 is 8.42 Å². The van der Waals surface area contributed by atoms with Crippen LogP contribution in [-0.2, 0) is 9.84 Å². The van der Waals surface area contributed by atoms with Gasteiger partial charge in [-0.2, -0.15) is 0 Å². The molecule has 1 N–H and O–H groups in total. The third kappa shape index (κ3) is 7.21. The minimum atomic E-state index is -3.04. The van der Waals surface area contributed by atoms with Gasteiger partial charge in [-0.25, -0.2) is 8.42 Å². The van der Waals surface area contributed by atoms with Crippen molar-refractivity contribution in [3.63, 3.8) is 0 Å². The zero-order chi connectivity index (χ0) is 22.3. The number of halogens is 1. The number of nitrogens with one attached hydrogen (secondary N) is 1. The molecule has 0 unspecified atom stereocenters. The van der Waals surface area contributed by atoms with E-state index in [2.05, 4.69) is 57.3 Å². The molecular weight excluding hydrogens is 537 g/mol. The van der Waals surface area contributed by atoms with Crippen LogP contribution >= 0.6 is 24.0 Å². The van der Waals surface area contributed by atoms with Gasteiger partial charge in [0.2, 0.25) is 0 Å². The Morgan fingerprint density at radius 3 is 2.38 bits per heavy atom. The summed E-state index contributed by atoms with van der Waals surface area (Å²) in [6.45, 7) is 13.8. The maximum Gasteiger partial charge on any atom is 0.193 e. The number of anilines is 1. The fourth-order valence-corrected chi connectivity index (χ4v) is 5.62. The van der Waals surface area contributed by atoms with Gasteiger partial charge in [-0.05, 0) is 52.3 Å². The number of sulfone groups is 1. The SMILES string of the molecule is CCNC(=NCCCCN1CCN(c2ccccc2)CC1)N1CCS(=O)(=O)C(C)(C)C1.I. The molecule has 0 saturated carbocycles. The summed E-state index contributed by atoms with van der Waals surface area (Å²) in [5, 5.41) is 3.34. The van der Waals surface area contributed by atoms with E-state index in [1.54, 1.807) is 0 Å². The van der Waals surface area contributed by atoms with Crippen LogP contribution in [0.5, 0.6) is 0 Å². The number of hydrogen-bond acceptors (Lipinski definition) is 5. The summed E-state index contributed by atoms with van der Waals surface area (Å²) in [5.41, 5.74) is 1.32. The lowest BCUT2D eigenvalue weighted by Crippen LogP contribution is -2.57. The highest BCUT2D eigenvalue weighted by Crippen LogP contribution is 2.23. The predicted molar refractivity (Wildman–Crippen MR) is 145 cm³/mol. The van der Waals surface area contributed by atoms with Gasteiger partial charge in [-0.3, -0.25) is 9.89 Å². The van der Waals surface area contributed by atoms with Crippen molar-refractivity contribution in [1.29, 1.82) is 0 Å². The highest BCUT2D eigenvalue weighted by Gasteiger charge is 2.40. The molecule has 0 spiro atoms. The second kappa shape index (κ2) is 12.4. The van der Waals surface area contributed by atoms with Crippen LogP contribution in [0.25, 0.3) is 0 Å². The number of para-hydroxylation sites is 1. The maximum absolute atomic E-state index is 12.3. The number of rotatable bonds is 7. The first-order valence-electron chi connectivity index (χ1n) is 11.6. The molecule has 0 radical (unpaired) electrons. The smallest absolute Gasteiger partial charge is 0.193 e. The van der Waals surface area contributed by atoms with Crippen LogP contribution in [-0.4, -0.2) is 93.6 Å². The minimum absolute atomic E-state index is 0. The Hall–Kier alpha value is -1.07. The average molecular weight is 578 g/mol. The number of hydrogen-bond donors (Lipinski definition) is 1. The standard InChI is InChI=1S/C23H39N5O2S.HI/c1-4-24-22(28-18-19-31(29,30)23(2,3)20-28)25-12-8-9-13-26-14-16-27(17-15-26)21-10-6-5-7-11-21;/h5-7,10-11H,4,8-9,12-20H2,1-3H3,(H,24,25);1H. The van der Waals surface area contributed by atoms with E-state index in [1.165, 1.54) is 5.69 Å². The summed E-state index contributed by atoms with van der Waals surface area (Å²) in [7, 11) is -3.04. The first-order chi connectivity index (χ1) is 14.8. The van der Waals surface area contributed by atoms with Gasteiger partial charge in [-0.15, -0.1) is 24.0 Å². The van der Waals surface area contributed by atoms with Crippen LogP contribution in [0.15, 0.2) is 35.3 Å². The van der Waals surface area contributed by atoms with Crippen LogP contribution in [0.1, 0.15) is 33.6 Å². The molecule has 0 aliphatic carbocycles. The second-order valence-electron chi connectivity index (χ2n) is 9.11. The molecule has 0 bridgehead atoms. The number of benzene rings is 1. The number of piperazine rings is 1. The summed E-state index contributed by atoms with van der Waals surface area (Å²) in [4.78, 5) is 11.9. The summed E-state index contributed by atoms with van der Waals surface area (Å²) in [6, 6.07) is 10.7. The third-order valence-corrected chi connectivity index (χ3v) is 8.85. The monoisotopic (exact) mass is 577 g/mol. The molecule has 2 aliphatic rings. The van der Waals surface area contributed by atoms with Crippen molar-refractivity contribution in [3.8, 4) is 0 Å². The first-order valence-corrected chi connectivity index (χ1v) is 13.3. The molecule has 2 fully saturated rings. The topological polar surface area (TPSA) is 68.2 Å². The van der Waals surface area contributed by atoms with Gasteiger partial charge in [0, 0.05) is 58.0 Å². The Morgan fingerprint density at radius 1 is 1.06 bits per heavy atom. The lowest BCUT2D eigenvalue weighted by Gasteiger charge is -2.39. The van der Waals surface area contributed by atoms with E-state index in [-0.39, 0.29) is 29.7 Å². The van der Waals surface area contributed by atoms with E-state index >= 15 is 0 Å². The van der Waals surface area contributed by atoms with E-state index < -0.39 is 14.6 Å². The summed E-state index contributed by atoms with van der Waals surface area (Å²) in [6.07, 6.45) is 2.18. The molecule has 2 aliphatic heterocycles. The molecular formula is C23H40IN5O2S. The number of unbranched alkanes of at least 4 members (excludes halogenated alkanes) is 1. The number of aliphatic imine (C=N–C) groups is 1. The van der Waals surface area contributed by atoms with Crippen molar-refractivity contribution in [2.45, 2.75) is 38.4 Å². The van der Waals surface area contributed by atoms with Crippen molar-refractivity contribution >= 4 is 45.5 Å². The Morgan fingerprint density at radius 2 is 1.75 bits per heavy atom. The highest BCUT2D eigenvalue weighted by molar-refractivity contribution is 14.0. The molecule has 182 valence electrons. The van der Waals surface area contributed by atoms with E-state index in [0.717, 1.165) is 64.6 Å². The van der Waals surface area contributed by atoms with Crippen molar-refractivity contribution in [3.05, 3.63) is 30.3 Å². The van der Waals surface area contributed by atoms with E-state index in [4.69, 9.17) is 4.99 Å². The highest BCUT2D eigenvalue weighted by atomic mass is 127.